The van der Waals surface area contributed by atoms with Crippen molar-refractivity contribution in [3.05, 3.63) is 58.3 Å². The molecule has 2 atom stereocenters. The van der Waals surface area contributed by atoms with Crippen LogP contribution in [0.1, 0.15) is 25.0 Å². The van der Waals surface area contributed by atoms with Crippen molar-refractivity contribution in [2.24, 2.45) is 5.92 Å². The maximum Gasteiger partial charge on any atom is 0.275 e. The summed E-state index contributed by atoms with van der Waals surface area (Å²) in [5.41, 5.74) is 0.306. The predicted octanol–water partition coefficient (Wildman–Crippen LogP) is 1.75. The van der Waals surface area contributed by atoms with Crippen LogP contribution in [0.4, 0.5) is 10.1 Å². The lowest BCUT2D eigenvalue weighted by Gasteiger charge is -2.42. The second-order valence-electron chi connectivity index (χ2n) is 7.37. The van der Waals surface area contributed by atoms with Crippen LogP contribution in [-0.2, 0) is 21.4 Å². The number of fused-ring (bicyclic) bond motifs is 4. The number of carbonyl (C=O) groups excluding carboxylic acids is 1. The van der Waals surface area contributed by atoms with Crippen LogP contribution in [0.5, 0.6) is 0 Å². The number of likely N-dealkylation sites (tertiary alicyclic amines) is 1. The maximum atomic E-state index is 13.4. The number of pyridine rings is 1. The molecule has 2 aliphatic heterocycles. The molecule has 148 valence electrons. The van der Waals surface area contributed by atoms with Crippen LogP contribution in [-0.4, -0.2) is 36.9 Å². The highest BCUT2D eigenvalue weighted by Gasteiger charge is 2.36. The van der Waals surface area contributed by atoms with E-state index < -0.39 is 21.4 Å². The number of piperidine rings is 1. The second kappa shape index (κ2) is 6.73. The van der Waals surface area contributed by atoms with Gasteiger partial charge in [-0.05, 0) is 42.7 Å². The Morgan fingerprint density at radius 1 is 1.18 bits per heavy atom. The standard InChI is InChI=1S/C19H20FN3O4S/c1-12(24)22-9-13-7-14(11-22)18-6-5-17(19(25)23(18)10-13)21-28(26,27)16-4-2-3-15(20)8-16/h2-6,8,13-14,21H,7,9-11H2,1H3. The van der Waals surface area contributed by atoms with Crippen LogP contribution in [0.25, 0.3) is 0 Å². The molecule has 0 spiro atoms. The third kappa shape index (κ3) is 3.30. The number of hydrogen-bond acceptors (Lipinski definition) is 4. The van der Waals surface area contributed by atoms with E-state index in [2.05, 4.69) is 4.72 Å². The van der Waals surface area contributed by atoms with Crippen molar-refractivity contribution in [2.45, 2.75) is 30.7 Å². The summed E-state index contributed by atoms with van der Waals surface area (Å²) in [7, 11) is -4.08. The molecule has 4 rings (SSSR count). The molecular formula is C19H20FN3O4S. The van der Waals surface area contributed by atoms with Crippen molar-refractivity contribution in [1.29, 1.82) is 0 Å². The van der Waals surface area contributed by atoms with Crippen molar-refractivity contribution in [1.82, 2.24) is 9.47 Å². The zero-order chi connectivity index (χ0) is 20.1. The molecule has 9 heteroatoms. The Bertz CT molecular complexity index is 1110. The van der Waals surface area contributed by atoms with Gasteiger partial charge in [0.15, 0.2) is 0 Å². The number of sulfonamides is 1. The molecule has 2 aliphatic rings. The third-order valence-corrected chi connectivity index (χ3v) is 6.76. The minimum Gasteiger partial charge on any atom is -0.342 e. The van der Waals surface area contributed by atoms with Crippen LogP contribution in [0.3, 0.4) is 0 Å². The van der Waals surface area contributed by atoms with E-state index in [1.807, 2.05) is 0 Å². The fraction of sp³-hybridized carbons (Fsp3) is 0.368. The Balaban J connectivity index is 1.67. The van der Waals surface area contributed by atoms with Gasteiger partial charge in [0.05, 0.1) is 4.90 Å². The summed E-state index contributed by atoms with van der Waals surface area (Å²) in [4.78, 5) is 26.2. The van der Waals surface area contributed by atoms with Gasteiger partial charge < -0.3 is 9.47 Å². The Morgan fingerprint density at radius 3 is 2.68 bits per heavy atom. The quantitative estimate of drug-likeness (QED) is 0.843. The number of aromatic nitrogens is 1. The molecule has 0 saturated carbocycles. The summed E-state index contributed by atoms with van der Waals surface area (Å²) in [6.07, 6.45) is 0.900. The fourth-order valence-electron chi connectivity index (χ4n) is 4.12. The lowest BCUT2D eigenvalue weighted by atomic mass is 9.83. The van der Waals surface area contributed by atoms with Crippen LogP contribution < -0.4 is 10.3 Å². The van der Waals surface area contributed by atoms with Gasteiger partial charge in [0.1, 0.15) is 11.5 Å². The number of nitrogens with one attached hydrogen (secondary N) is 1. The summed E-state index contributed by atoms with van der Waals surface area (Å²) in [5.74, 6) is -0.446. The highest BCUT2D eigenvalue weighted by molar-refractivity contribution is 7.92. The molecular weight excluding hydrogens is 385 g/mol. The van der Waals surface area contributed by atoms with Crippen LogP contribution >= 0.6 is 0 Å². The molecule has 0 radical (unpaired) electrons. The van der Waals surface area contributed by atoms with E-state index in [0.29, 0.717) is 19.6 Å². The molecule has 7 nitrogen and oxygen atoms in total. The van der Waals surface area contributed by atoms with E-state index in [1.165, 1.54) is 18.2 Å². The van der Waals surface area contributed by atoms with Gasteiger partial charge in [-0.2, -0.15) is 0 Å². The first kappa shape index (κ1) is 18.7. The highest BCUT2D eigenvalue weighted by Crippen LogP contribution is 2.35. The van der Waals surface area contributed by atoms with Crippen LogP contribution in [0.2, 0.25) is 0 Å². The maximum absolute atomic E-state index is 13.4. The number of anilines is 1. The number of benzene rings is 1. The summed E-state index contributed by atoms with van der Waals surface area (Å²) >= 11 is 0. The molecule has 3 heterocycles. The number of halogens is 1. The van der Waals surface area contributed by atoms with E-state index in [1.54, 1.807) is 22.5 Å². The summed E-state index contributed by atoms with van der Waals surface area (Å²) < 4.78 is 42.3. The largest absolute Gasteiger partial charge is 0.342 e. The molecule has 1 saturated heterocycles. The topological polar surface area (TPSA) is 88.5 Å². The number of rotatable bonds is 3. The van der Waals surface area contributed by atoms with Gasteiger partial charge in [-0.1, -0.05) is 6.07 Å². The highest BCUT2D eigenvalue weighted by atomic mass is 32.2. The number of nitrogens with zero attached hydrogens (tertiary/aromatic N) is 2. The predicted molar refractivity (Wildman–Crippen MR) is 101 cm³/mol. The second-order valence-corrected chi connectivity index (χ2v) is 9.06. The Hall–Kier alpha value is -2.68. The van der Waals surface area contributed by atoms with Gasteiger partial charge in [0.2, 0.25) is 5.91 Å². The third-order valence-electron chi connectivity index (χ3n) is 5.40. The van der Waals surface area contributed by atoms with E-state index in [4.69, 9.17) is 0 Å². The Morgan fingerprint density at radius 2 is 1.96 bits per heavy atom. The van der Waals surface area contributed by atoms with Gasteiger partial charge in [0.25, 0.3) is 15.6 Å². The molecule has 0 aliphatic carbocycles. The van der Waals surface area contributed by atoms with Gasteiger partial charge in [0, 0.05) is 38.2 Å². The molecule has 2 aromatic rings. The van der Waals surface area contributed by atoms with Crippen molar-refractivity contribution in [3.63, 3.8) is 0 Å². The number of amides is 1. The lowest BCUT2D eigenvalue weighted by molar-refractivity contribution is -0.131. The summed E-state index contributed by atoms with van der Waals surface area (Å²) in [6, 6.07) is 7.79. The molecule has 2 unspecified atom stereocenters. The normalized spacial score (nSPS) is 21.1. The molecule has 28 heavy (non-hydrogen) atoms. The molecule has 1 N–H and O–H groups in total. The summed E-state index contributed by atoms with van der Waals surface area (Å²) in [5, 5.41) is 0. The van der Waals surface area contributed by atoms with Gasteiger partial charge in [-0.15, -0.1) is 0 Å². The molecule has 1 fully saturated rings. The fourth-order valence-corrected chi connectivity index (χ4v) is 5.21. The van der Waals surface area contributed by atoms with E-state index >= 15 is 0 Å². The van der Waals surface area contributed by atoms with Crippen molar-refractivity contribution in [2.75, 3.05) is 17.8 Å². The van der Waals surface area contributed by atoms with Gasteiger partial charge in [-0.25, -0.2) is 12.8 Å². The minimum atomic E-state index is -4.08. The minimum absolute atomic E-state index is 0.0185. The van der Waals surface area contributed by atoms with Crippen LogP contribution in [0, 0.1) is 11.7 Å². The molecule has 1 aromatic heterocycles. The molecule has 1 amide bonds. The van der Waals surface area contributed by atoms with Crippen molar-refractivity contribution >= 4 is 21.6 Å². The number of hydrogen-bond donors (Lipinski definition) is 1. The summed E-state index contributed by atoms with van der Waals surface area (Å²) in [6.45, 7) is 3.12. The van der Waals surface area contributed by atoms with Crippen molar-refractivity contribution < 1.29 is 17.6 Å². The van der Waals surface area contributed by atoms with Crippen LogP contribution in [0.15, 0.2) is 46.1 Å². The van der Waals surface area contributed by atoms with Gasteiger partial charge >= 0.3 is 0 Å². The first-order chi connectivity index (χ1) is 13.2. The van der Waals surface area contributed by atoms with Gasteiger partial charge in [-0.3, -0.25) is 14.3 Å². The Kier molecular flexibility index (Phi) is 4.49. The smallest absolute Gasteiger partial charge is 0.275 e. The SMILES string of the molecule is CC(=O)N1CC2CC(C1)c1ccc(NS(=O)(=O)c3cccc(F)c3)c(=O)n1C2. The molecule has 1 aromatic carbocycles. The van der Waals surface area contributed by atoms with E-state index in [9.17, 15) is 22.4 Å². The zero-order valence-electron chi connectivity index (χ0n) is 15.3. The monoisotopic (exact) mass is 405 g/mol. The first-order valence-corrected chi connectivity index (χ1v) is 10.5. The Labute approximate surface area is 161 Å². The lowest BCUT2D eigenvalue weighted by Crippen LogP contribution is -2.48. The van der Waals surface area contributed by atoms with E-state index in [0.717, 1.165) is 24.2 Å². The average Bonchev–Trinajstić information content (AvgIpc) is 2.64. The number of carbonyl (C=O) groups is 1. The zero-order valence-corrected chi connectivity index (χ0v) is 16.1. The first-order valence-electron chi connectivity index (χ1n) is 9.02. The van der Waals surface area contributed by atoms with Crippen molar-refractivity contribution in [3.8, 4) is 0 Å². The average molecular weight is 405 g/mol. The molecule has 2 bridgehead atoms. The van der Waals surface area contributed by atoms with E-state index in [-0.39, 0.29) is 28.3 Å².